The highest BCUT2D eigenvalue weighted by molar-refractivity contribution is 6.15. The van der Waals surface area contributed by atoms with Crippen molar-refractivity contribution in [3.63, 3.8) is 0 Å². The largest absolute Gasteiger partial charge is 0.493 e. The fourth-order valence-corrected chi connectivity index (χ4v) is 4.99. The quantitative estimate of drug-likeness (QED) is 0.181. The Morgan fingerprint density at radius 3 is 2.62 bits per heavy atom. The van der Waals surface area contributed by atoms with E-state index in [9.17, 15) is 9.59 Å². The molecule has 198 valence electrons. The van der Waals surface area contributed by atoms with Gasteiger partial charge in [0.25, 0.3) is 0 Å². The Balaban J connectivity index is 1.42. The lowest BCUT2D eigenvalue weighted by atomic mass is 9.84. The van der Waals surface area contributed by atoms with Crippen molar-refractivity contribution in [2.45, 2.75) is 19.3 Å². The van der Waals surface area contributed by atoms with Gasteiger partial charge in [-0.1, -0.05) is 24.8 Å². The Morgan fingerprint density at radius 2 is 1.82 bits per heavy atom. The van der Waals surface area contributed by atoms with Crippen LogP contribution in [0.4, 0.5) is 0 Å². The number of para-hydroxylation sites is 1. The molecule has 3 aromatic rings. The van der Waals surface area contributed by atoms with E-state index in [0.717, 1.165) is 16.7 Å². The molecule has 8 heteroatoms. The monoisotopic (exact) mass is 526 g/mol. The number of fused-ring (bicyclic) bond motifs is 4. The zero-order valence-corrected chi connectivity index (χ0v) is 21.6. The number of hydrogen-bond acceptors (Lipinski definition) is 8. The number of rotatable bonds is 6. The van der Waals surface area contributed by atoms with Crippen LogP contribution in [-0.4, -0.2) is 38.7 Å². The van der Waals surface area contributed by atoms with E-state index in [1.807, 2.05) is 31.2 Å². The van der Waals surface area contributed by atoms with Crippen LogP contribution in [0, 0.1) is 0 Å². The van der Waals surface area contributed by atoms with Gasteiger partial charge in [-0.2, -0.15) is 0 Å². The third kappa shape index (κ3) is 4.48. The average Bonchev–Trinajstić information content (AvgIpc) is 3.25. The standard InChI is InChI=1S/C31H26O8/c1-17(2)16-37-30-19(5-4-6-24(30)34-3)21-15-27(32)38-23-10-8-20-29(33)26(39-31(20)28(21)23)14-18-7-9-22-25(13-18)36-12-11-35-22/h4-10,13-14,21H,1,11-12,15-16H2,2-3H3/b26-14-. The van der Waals surface area contributed by atoms with E-state index >= 15 is 0 Å². The van der Waals surface area contributed by atoms with Gasteiger partial charge < -0.3 is 28.4 Å². The Kier molecular flexibility index (Phi) is 6.23. The normalized spacial score (nSPS) is 18.1. The van der Waals surface area contributed by atoms with Crippen molar-refractivity contribution in [2.75, 3.05) is 26.9 Å². The van der Waals surface area contributed by atoms with Crippen LogP contribution in [0.25, 0.3) is 6.08 Å². The van der Waals surface area contributed by atoms with E-state index in [1.165, 1.54) is 0 Å². The van der Waals surface area contributed by atoms with Crippen molar-refractivity contribution in [1.29, 1.82) is 0 Å². The van der Waals surface area contributed by atoms with Crippen molar-refractivity contribution < 1.29 is 38.0 Å². The van der Waals surface area contributed by atoms with Crippen molar-refractivity contribution in [1.82, 2.24) is 0 Å². The number of esters is 1. The van der Waals surface area contributed by atoms with Crippen LogP contribution in [0.2, 0.25) is 0 Å². The number of carbonyl (C=O) groups is 2. The van der Waals surface area contributed by atoms with Gasteiger partial charge in [0.1, 0.15) is 31.3 Å². The zero-order chi connectivity index (χ0) is 27.1. The number of ketones is 1. The highest BCUT2D eigenvalue weighted by atomic mass is 16.6. The van der Waals surface area contributed by atoms with Crippen LogP contribution >= 0.6 is 0 Å². The molecule has 0 aliphatic carbocycles. The molecule has 0 amide bonds. The van der Waals surface area contributed by atoms with E-state index in [-0.39, 0.29) is 24.6 Å². The van der Waals surface area contributed by atoms with Crippen LogP contribution in [0.5, 0.6) is 34.5 Å². The predicted octanol–water partition coefficient (Wildman–Crippen LogP) is 5.48. The minimum Gasteiger partial charge on any atom is -0.493 e. The van der Waals surface area contributed by atoms with E-state index in [4.69, 9.17) is 28.4 Å². The summed E-state index contributed by atoms with van der Waals surface area (Å²) in [6, 6.07) is 14.2. The van der Waals surface area contributed by atoms with Crippen LogP contribution < -0.4 is 28.4 Å². The molecular formula is C31H26O8. The average molecular weight is 527 g/mol. The van der Waals surface area contributed by atoms with Gasteiger partial charge in [-0.3, -0.25) is 9.59 Å². The van der Waals surface area contributed by atoms with Crippen LogP contribution in [0.3, 0.4) is 0 Å². The fraction of sp³-hybridized carbons (Fsp3) is 0.226. The van der Waals surface area contributed by atoms with Crippen molar-refractivity contribution in [2.24, 2.45) is 0 Å². The first-order chi connectivity index (χ1) is 18.9. The number of Topliss-reactive ketones (excluding diaryl/α,β-unsaturated/α-hetero) is 1. The molecule has 3 aromatic carbocycles. The first-order valence-electron chi connectivity index (χ1n) is 12.6. The molecule has 39 heavy (non-hydrogen) atoms. The highest BCUT2D eigenvalue weighted by Crippen LogP contribution is 2.51. The number of carbonyl (C=O) groups excluding carboxylic acids is 2. The summed E-state index contributed by atoms with van der Waals surface area (Å²) in [5.41, 5.74) is 3.30. The molecule has 3 heterocycles. The molecular weight excluding hydrogens is 500 g/mol. The maximum absolute atomic E-state index is 13.4. The summed E-state index contributed by atoms with van der Waals surface area (Å²) >= 11 is 0. The van der Waals surface area contributed by atoms with E-state index < -0.39 is 11.9 Å². The van der Waals surface area contributed by atoms with Gasteiger partial charge in [-0.05, 0) is 54.5 Å². The summed E-state index contributed by atoms with van der Waals surface area (Å²) in [5.74, 6) is 2.03. The number of methoxy groups -OCH3 is 1. The number of hydrogen-bond donors (Lipinski definition) is 0. The molecule has 0 bridgehead atoms. The molecule has 0 radical (unpaired) electrons. The molecule has 3 aliphatic rings. The molecule has 6 rings (SSSR count). The maximum atomic E-state index is 13.4. The first-order valence-corrected chi connectivity index (χ1v) is 12.6. The highest BCUT2D eigenvalue weighted by Gasteiger charge is 2.40. The smallest absolute Gasteiger partial charge is 0.312 e. The van der Waals surface area contributed by atoms with Gasteiger partial charge in [-0.15, -0.1) is 0 Å². The Bertz CT molecular complexity index is 1550. The SMILES string of the molecule is C=C(C)COc1c(OC)cccc1C1CC(=O)Oc2ccc3c(c21)O/C(=C\c1ccc2c(c1)OCCO2)C3=O. The Hall–Kier alpha value is -4.72. The minimum absolute atomic E-state index is 0.0405. The molecule has 8 nitrogen and oxygen atoms in total. The van der Waals surface area contributed by atoms with E-state index in [1.54, 1.807) is 37.5 Å². The summed E-state index contributed by atoms with van der Waals surface area (Å²) in [7, 11) is 1.56. The third-order valence-electron chi connectivity index (χ3n) is 6.71. The topological polar surface area (TPSA) is 89.5 Å². The Labute approximate surface area is 225 Å². The maximum Gasteiger partial charge on any atom is 0.312 e. The second-order valence-electron chi connectivity index (χ2n) is 9.55. The van der Waals surface area contributed by atoms with Gasteiger partial charge in [0.05, 0.1) is 19.1 Å². The second-order valence-corrected chi connectivity index (χ2v) is 9.55. The van der Waals surface area contributed by atoms with Crippen LogP contribution in [0.1, 0.15) is 46.3 Å². The van der Waals surface area contributed by atoms with Gasteiger partial charge in [0.2, 0.25) is 5.78 Å². The minimum atomic E-state index is -0.493. The summed E-state index contributed by atoms with van der Waals surface area (Å²) in [6.45, 7) is 7.02. The van der Waals surface area contributed by atoms with Crippen molar-refractivity contribution >= 4 is 17.8 Å². The molecule has 3 aliphatic heterocycles. The van der Waals surface area contributed by atoms with Crippen LogP contribution in [0.15, 0.2) is 66.4 Å². The number of benzene rings is 3. The zero-order valence-electron chi connectivity index (χ0n) is 21.6. The van der Waals surface area contributed by atoms with Crippen molar-refractivity contribution in [3.8, 4) is 34.5 Å². The molecule has 0 saturated heterocycles. The molecule has 0 N–H and O–H groups in total. The third-order valence-corrected chi connectivity index (χ3v) is 6.71. The predicted molar refractivity (Wildman–Crippen MR) is 142 cm³/mol. The summed E-state index contributed by atoms with van der Waals surface area (Å²) in [5, 5.41) is 0. The summed E-state index contributed by atoms with van der Waals surface area (Å²) in [6.07, 6.45) is 1.71. The summed E-state index contributed by atoms with van der Waals surface area (Å²) < 4.78 is 34.7. The van der Waals surface area contributed by atoms with Crippen molar-refractivity contribution in [3.05, 3.63) is 88.7 Å². The molecule has 0 aromatic heterocycles. The lowest BCUT2D eigenvalue weighted by Crippen LogP contribution is -2.22. The van der Waals surface area contributed by atoms with Gasteiger partial charge in [-0.25, -0.2) is 0 Å². The summed E-state index contributed by atoms with van der Waals surface area (Å²) in [4.78, 5) is 26.1. The fourth-order valence-electron chi connectivity index (χ4n) is 4.99. The molecule has 1 atom stereocenters. The van der Waals surface area contributed by atoms with Crippen LogP contribution in [-0.2, 0) is 4.79 Å². The molecule has 0 fully saturated rings. The number of allylic oxidation sites excluding steroid dienone is 1. The lowest BCUT2D eigenvalue weighted by Gasteiger charge is -2.28. The van der Waals surface area contributed by atoms with E-state index in [0.29, 0.717) is 58.8 Å². The number of ether oxygens (including phenoxy) is 6. The van der Waals surface area contributed by atoms with Gasteiger partial charge >= 0.3 is 5.97 Å². The molecule has 0 saturated carbocycles. The Morgan fingerprint density at radius 1 is 1.03 bits per heavy atom. The molecule has 0 spiro atoms. The van der Waals surface area contributed by atoms with E-state index in [2.05, 4.69) is 6.58 Å². The lowest BCUT2D eigenvalue weighted by molar-refractivity contribution is -0.135. The first kappa shape index (κ1) is 24.6. The second kappa shape index (κ2) is 9.87. The molecule has 1 unspecified atom stereocenters. The van der Waals surface area contributed by atoms with Gasteiger partial charge in [0.15, 0.2) is 28.8 Å². The van der Waals surface area contributed by atoms with Gasteiger partial charge in [0, 0.05) is 17.0 Å².